The monoisotopic (exact) mass is 259 g/mol. The molecular formula is C9H17N5O2S. The Morgan fingerprint density at radius 2 is 2.00 bits per heavy atom. The third-order valence-corrected chi connectivity index (χ3v) is 4.08. The van der Waals surface area contributed by atoms with Gasteiger partial charge in [-0.15, -0.1) is 0 Å². The average Bonchev–Trinajstić information content (AvgIpc) is 2.61. The Labute approximate surface area is 100 Å². The van der Waals surface area contributed by atoms with Gasteiger partial charge in [-0.25, -0.2) is 8.42 Å². The Morgan fingerprint density at radius 1 is 1.41 bits per heavy atom. The minimum absolute atomic E-state index is 0.0907. The number of anilines is 2. The van der Waals surface area contributed by atoms with E-state index >= 15 is 0 Å². The summed E-state index contributed by atoms with van der Waals surface area (Å²) >= 11 is 0. The topological polar surface area (TPSA) is 118 Å². The quantitative estimate of drug-likeness (QED) is 0.648. The fourth-order valence-electron chi connectivity index (χ4n) is 2.03. The van der Waals surface area contributed by atoms with Crippen molar-refractivity contribution >= 4 is 21.5 Å². The zero-order chi connectivity index (χ0) is 12.6. The zero-order valence-corrected chi connectivity index (χ0v) is 10.5. The molecule has 1 saturated heterocycles. The molecule has 0 unspecified atom stereocenters. The second-order valence-electron chi connectivity index (χ2n) is 4.39. The van der Waals surface area contributed by atoms with Gasteiger partial charge in [0.25, 0.3) is 0 Å². The second kappa shape index (κ2) is 4.19. The van der Waals surface area contributed by atoms with E-state index in [9.17, 15) is 8.42 Å². The molecule has 0 radical (unpaired) electrons. The van der Waals surface area contributed by atoms with Crippen molar-refractivity contribution < 1.29 is 8.42 Å². The first-order chi connectivity index (χ1) is 7.89. The smallest absolute Gasteiger partial charge is 0.182 e. The predicted molar refractivity (Wildman–Crippen MR) is 65.5 cm³/mol. The molecule has 1 aromatic heterocycles. The third kappa shape index (κ3) is 2.37. The molecule has 0 atom stereocenters. The maximum atomic E-state index is 11.7. The van der Waals surface area contributed by atoms with Gasteiger partial charge in [-0.3, -0.25) is 5.10 Å². The highest BCUT2D eigenvalue weighted by atomic mass is 32.2. The van der Waals surface area contributed by atoms with Gasteiger partial charge in [0.05, 0.1) is 0 Å². The molecule has 0 bridgehead atoms. The van der Waals surface area contributed by atoms with E-state index < -0.39 is 9.84 Å². The molecule has 0 aliphatic carbocycles. The molecule has 1 fully saturated rings. The first-order valence-corrected chi connectivity index (χ1v) is 7.33. The highest BCUT2D eigenvalue weighted by molar-refractivity contribution is 7.91. The van der Waals surface area contributed by atoms with Crippen LogP contribution in [-0.2, 0) is 9.84 Å². The number of hydrogen-bond acceptors (Lipinski definition) is 6. The van der Waals surface area contributed by atoms with E-state index in [1.807, 2.05) is 4.90 Å². The first-order valence-electron chi connectivity index (χ1n) is 5.44. The molecule has 1 aliphatic heterocycles. The van der Waals surface area contributed by atoms with Crippen molar-refractivity contribution in [2.24, 2.45) is 5.73 Å². The summed E-state index contributed by atoms with van der Waals surface area (Å²) in [6, 6.07) is 0.184. The molecular weight excluding hydrogens is 242 g/mol. The summed E-state index contributed by atoms with van der Waals surface area (Å²) in [5.41, 5.74) is 11.4. The summed E-state index contributed by atoms with van der Waals surface area (Å²) in [4.78, 5) is 2.00. The number of hydrogen-bond donors (Lipinski definition) is 3. The standard InChI is InChI=1S/C9H17N5O2S/c1-17(15,16)7-8(11)12-13-9(7)14-4-2-6(10)3-5-14/h6H,2-5,10H2,1H3,(H3,11,12,13). The molecule has 0 aromatic carbocycles. The van der Waals surface area contributed by atoms with Gasteiger partial charge in [-0.1, -0.05) is 0 Å². The zero-order valence-electron chi connectivity index (χ0n) is 9.68. The molecule has 17 heavy (non-hydrogen) atoms. The van der Waals surface area contributed by atoms with Gasteiger partial charge in [0.15, 0.2) is 20.6 Å². The van der Waals surface area contributed by atoms with E-state index in [-0.39, 0.29) is 16.8 Å². The number of nitrogen functional groups attached to an aromatic ring is 1. The van der Waals surface area contributed by atoms with Gasteiger partial charge < -0.3 is 16.4 Å². The van der Waals surface area contributed by atoms with Crippen molar-refractivity contribution in [2.75, 3.05) is 30.0 Å². The highest BCUT2D eigenvalue weighted by Gasteiger charge is 2.27. The lowest BCUT2D eigenvalue weighted by Gasteiger charge is -2.30. The van der Waals surface area contributed by atoms with E-state index in [0.717, 1.165) is 19.1 Å². The summed E-state index contributed by atoms with van der Waals surface area (Å²) in [5.74, 6) is 0.509. The first kappa shape index (κ1) is 12.2. The third-order valence-electron chi connectivity index (χ3n) is 2.94. The molecule has 8 heteroatoms. The summed E-state index contributed by atoms with van der Waals surface area (Å²) in [6.07, 6.45) is 2.79. The summed E-state index contributed by atoms with van der Waals surface area (Å²) in [7, 11) is -3.38. The number of nitrogens with two attached hydrogens (primary N) is 2. The normalized spacial score (nSPS) is 18.6. The Morgan fingerprint density at radius 3 is 2.53 bits per heavy atom. The fourth-order valence-corrected chi connectivity index (χ4v) is 2.98. The van der Waals surface area contributed by atoms with Gasteiger partial charge in [-0.05, 0) is 12.8 Å². The molecule has 0 saturated carbocycles. The van der Waals surface area contributed by atoms with E-state index in [4.69, 9.17) is 11.5 Å². The Balaban J connectivity index is 2.34. The second-order valence-corrected chi connectivity index (χ2v) is 6.34. The summed E-state index contributed by atoms with van der Waals surface area (Å²) < 4.78 is 23.3. The van der Waals surface area contributed by atoms with Crippen LogP contribution in [0, 0.1) is 0 Å². The van der Waals surface area contributed by atoms with Crippen LogP contribution >= 0.6 is 0 Å². The number of rotatable bonds is 2. The largest absolute Gasteiger partial charge is 0.383 e. The van der Waals surface area contributed by atoms with Crippen LogP contribution in [0.15, 0.2) is 4.90 Å². The molecule has 2 rings (SSSR count). The number of sulfone groups is 1. The maximum absolute atomic E-state index is 11.7. The Kier molecular flexibility index (Phi) is 3.00. The van der Waals surface area contributed by atoms with Gasteiger partial charge in [-0.2, -0.15) is 5.10 Å². The van der Waals surface area contributed by atoms with Gasteiger partial charge >= 0.3 is 0 Å². The number of nitrogens with one attached hydrogen (secondary N) is 1. The molecule has 7 nitrogen and oxygen atoms in total. The van der Waals surface area contributed by atoms with Crippen LogP contribution in [0.4, 0.5) is 11.6 Å². The number of piperidine rings is 1. The van der Waals surface area contributed by atoms with Crippen molar-refractivity contribution in [3.63, 3.8) is 0 Å². The maximum Gasteiger partial charge on any atom is 0.182 e. The van der Waals surface area contributed by atoms with Crippen LogP contribution in [0.25, 0.3) is 0 Å². The van der Waals surface area contributed by atoms with Crippen molar-refractivity contribution in [3.05, 3.63) is 0 Å². The van der Waals surface area contributed by atoms with Gasteiger partial charge in [0.1, 0.15) is 5.82 Å². The highest BCUT2D eigenvalue weighted by Crippen LogP contribution is 2.29. The van der Waals surface area contributed by atoms with Crippen molar-refractivity contribution in [1.29, 1.82) is 0 Å². The fraction of sp³-hybridized carbons (Fsp3) is 0.667. The molecule has 2 heterocycles. The molecule has 1 aromatic rings. The molecule has 0 amide bonds. The van der Waals surface area contributed by atoms with Crippen LogP contribution in [0.1, 0.15) is 12.8 Å². The summed E-state index contributed by atoms with van der Waals surface area (Å²) in [6.45, 7) is 1.40. The van der Waals surface area contributed by atoms with Crippen molar-refractivity contribution in [2.45, 2.75) is 23.8 Å². The molecule has 1 aliphatic rings. The van der Waals surface area contributed by atoms with E-state index in [1.54, 1.807) is 0 Å². The summed E-state index contributed by atoms with van der Waals surface area (Å²) in [5, 5.41) is 6.51. The van der Waals surface area contributed by atoms with Crippen LogP contribution in [-0.4, -0.2) is 44.0 Å². The lowest BCUT2D eigenvalue weighted by atomic mass is 10.1. The number of nitrogens with zero attached hydrogens (tertiary/aromatic N) is 2. The van der Waals surface area contributed by atoms with Crippen molar-refractivity contribution in [1.82, 2.24) is 10.2 Å². The van der Waals surface area contributed by atoms with E-state index in [2.05, 4.69) is 10.2 Å². The SMILES string of the molecule is CS(=O)(=O)c1c(N2CCC(N)CC2)n[nH]c1N. The van der Waals surface area contributed by atoms with Gasteiger partial charge in [0.2, 0.25) is 0 Å². The van der Waals surface area contributed by atoms with Crippen molar-refractivity contribution in [3.8, 4) is 0 Å². The lowest BCUT2D eigenvalue weighted by molar-refractivity contribution is 0.496. The minimum Gasteiger partial charge on any atom is -0.383 e. The Hall–Kier alpha value is -1.28. The van der Waals surface area contributed by atoms with E-state index in [0.29, 0.717) is 18.9 Å². The predicted octanol–water partition coefficient (Wildman–Crippen LogP) is -0.677. The van der Waals surface area contributed by atoms with Crippen LogP contribution in [0.2, 0.25) is 0 Å². The lowest BCUT2D eigenvalue weighted by Crippen LogP contribution is -2.40. The number of aromatic amines is 1. The van der Waals surface area contributed by atoms with Crippen LogP contribution < -0.4 is 16.4 Å². The van der Waals surface area contributed by atoms with Gasteiger partial charge in [0, 0.05) is 25.4 Å². The van der Waals surface area contributed by atoms with E-state index in [1.165, 1.54) is 0 Å². The molecule has 0 spiro atoms. The molecule has 96 valence electrons. The van der Waals surface area contributed by atoms with Crippen LogP contribution in [0.3, 0.4) is 0 Å². The minimum atomic E-state index is -3.38. The van der Waals surface area contributed by atoms with Crippen LogP contribution in [0.5, 0.6) is 0 Å². The molecule has 5 N–H and O–H groups in total. The number of aromatic nitrogens is 2. The average molecular weight is 259 g/mol. The Bertz CT molecular complexity index is 501. The number of H-pyrrole nitrogens is 1.